The molecule has 0 amide bonds. The lowest BCUT2D eigenvalue weighted by molar-refractivity contribution is 0.414. The molecule has 0 spiro atoms. The molecule has 1 aliphatic rings. The maximum atomic E-state index is 5.33. The summed E-state index contributed by atoms with van der Waals surface area (Å²) in [5, 5.41) is 2.22. The van der Waals surface area contributed by atoms with E-state index in [-0.39, 0.29) is 0 Å². The Morgan fingerprint density at radius 3 is 2.79 bits per heavy atom. The second kappa shape index (κ2) is 5.89. The lowest BCUT2D eigenvalue weighted by atomic mass is 10.0. The number of hydrogen-bond donors (Lipinski definition) is 0. The van der Waals surface area contributed by atoms with Gasteiger partial charge in [-0.3, -0.25) is 9.98 Å². The van der Waals surface area contributed by atoms with Gasteiger partial charge in [-0.1, -0.05) is 30.3 Å². The van der Waals surface area contributed by atoms with Crippen LogP contribution in [0.2, 0.25) is 0 Å². The maximum absolute atomic E-state index is 5.33. The molecular formula is C20H17N3O. The molecule has 2 heterocycles. The van der Waals surface area contributed by atoms with E-state index >= 15 is 0 Å². The number of aryl methyl sites for hydroxylation is 1. The highest BCUT2D eigenvalue weighted by atomic mass is 16.5. The third-order valence-electron chi connectivity index (χ3n) is 4.26. The van der Waals surface area contributed by atoms with Crippen LogP contribution in [-0.2, 0) is 0 Å². The Kier molecular flexibility index (Phi) is 3.58. The Morgan fingerprint density at radius 1 is 1.04 bits per heavy atom. The van der Waals surface area contributed by atoms with Crippen molar-refractivity contribution in [3.05, 3.63) is 71.5 Å². The van der Waals surface area contributed by atoms with Crippen LogP contribution in [-0.4, -0.2) is 30.2 Å². The van der Waals surface area contributed by atoms with E-state index in [0.717, 1.165) is 39.1 Å². The zero-order valence-corrected chi connectivity index (χ0v) is 13.7. The molecule has 118 valence electrons. The summed E-state index contributed by atoms with van der Waals surface area (Å²) in [5.41, 5.74) is 4.03. The molecule has 0 fully saturated rings. The fraction of sp³-hybridized carbons (Fsp3) is 0.150. The minimum atomic E-state index is 0.564. The number of pyridine rings is 1. The molecule has 0 radical (unpaired) electrons. The molecule has 2 aromatic carbocycles. The van der Waals surface area contributed by atoms with E-state index in [1.54, 1.807) is 7.11 Å². The van der Waals surface area contributed by atoms with Crippen LogP contribution in [0.4, 0.5) is 0 Å². The van der Waals surface area contributed by atoms with E-state index in [4.69, 9.17) is 9.73 Å². The lowest BCUT2D eigenvalue weighted by Crippen LogP contribution is -2.05. The minimum absolute atomic E-state index is 0.564. The zero-order valence-electron chi connectivity index (χ0n) is 13.7. The summed E-state index contributed by atoms with van der Waals surface area (Å²) in [6.07, 6.45) is 1.81. The molecule has 4 nitrogen and oxygen atoms in total. The topological polar surface area (TPSA) is 46.8 Å². The molecule has 4 heteroatoms. The van der Waals surface area contributed by atoms with Gasteiger partial charge in [-0.15, -0.1) is 0 Å². The van der Waals surface area contributed by atoms with Crippen LogP contribution in [0.15, 0.2) is 64.7 Å². The molecule has 24 heavy (non-hydrogen) atoms. The summed E-state index contributed by atoms with van der Waals surface area (Å²) < 4.78 is 5.33. The van der Waals surface area contributed by atoms with Crippen molar-refractivity contribution in [3.8, 4) is 5.75 Å². The number of fused-ring (bicyclic) bond motifs is 1. The average Bonchev–Trinajstić information content (AvgIpc) is 3.11. The first-order valence-corrected chi connectivity index (χ1v) is 7.87. The molecule has 0 bridgehead atoms. The van der Waals surface area contributed by atoms with Crippen LogP contribution in [0.5, 0.6) is 5.75 Å². The zero-order chi connectivity index (χ0) is 16.5. The summed E-state index contributed by atoms with van der Waals surface area (Å²) in [6.45, 7) is 2.64. The number of nitrogens with zero attached hydrogens (tertiary/aromatic N) is 3. The van der Waals surface area contributed by atoms with Gasteiger partial charge in [0.1, 0.15) is 11.4 Å². The van der Waals surface area contributed by atoms with Crippen LogP contribution in [0.25, 0.3) is 10.8 Å². The van der Waals surface area contributed by atoms with Crippen molar-refractivity contribution in [2.75, 3.05) is 13.7 Å². The number of aliphatic imine (C=N–C) groups is 2. The largest absolute Gasteiger partial charge is 0.497 e. The van der Waals surface area contributed by atoms with Gasteiger partial charge in [0.05, 0.1) is 19.4 Å². The van der Waals surface area contributed by atoms with Crippen molar-refractivity contribution in [1.82, 2.24) is 4.98 Å². The maximum Gasteiger partial charge on any atom is 0.174 e. The summed E-state index contributed by atoms with van der Waals surface area (Å²) in [4.78, 5) is 13.9. The van der Waals surface area contributed by atoms with Crippen molar-refractivity contribution in [2.45, 2.75) is 6.92 Å². The quantitative estimate of drug-likeness (QED) is 0.738. The Morgan fingerprint density at radius 2 is 1.92 bits per heavy atom. The number of rotatable bonds is 3. The van der Waals surface area contributed by atoms with Gasteiger partial charge in [0, 0.05) is 17.1 Å². The highest BCUT2D eigenvalue weighted by Gasteiger charge is 2.18. The summed E-state index contributed by atoms with van der Waals surface area (Å²) in [5.74, 6) is 1.53. The van der Waals surface area contributed by atoms with Crippen molar-refractivity contribution in [3.63, 3.8) is 0 Å². The summed E-state index contributed by atoms with van der Waals surface area (Å²) in [6, 6.07) is 16.2. The highest BCUT2D eigenvalue weighted by molar-refractivity contribution is 6.20. The molecule has 1 aliphatic heterocycles. The first kappa shape index (κ1) is 14.6. The smallest absolute Gasteiger partial charge is 0.174 e. The minimum Gasteiger partial charge on any atom is -0.497 e. The van der Waals surface area contributed by atoms with Gasteiger partial charge in [-0.25, -0.2) is 4.99 Å². The first-order valence-electron chi connectivity index (χ1n) is 7.87. The second-order valence-electron chi connectivity index (χ2n) is 5.76. The van der Waals surface area contributed by atoms with E-state index < -0.39 is 0 Å². The molecule has 3 aromatic rings. The van der Waals surface area contributed by atoms with E-state index in [0.29, 0.717) is 12.4 Å². The lowest BCUT2D eigenvalue weighted by Gasteiger charge is -2.07. The van der Waals surface area contributed by atoms with E-state index in [1.807, 2.05) is 42.6 Å². The first-order chi connectivity index (χ1) is 11.8. The Balaban J connectivity index is 1.77. The van der Waals surface area contributed by atoms with Crippen molar-refractivity contribution < 1.29 is 4.74 Å². The standard InChI is InChI=1S/C20H17N3O/c1-13-7-8-15(24-2)11-17(13)18-12-22-20(23-18)19-16-6-4-3-5-14(16)9-10-21-19/h3-11H,12H2,1-2H3. The number of hydrogen-bond acceptors (Lipinski definition) is 4. The molecule has 0 N–H and O–H groups in total. The Hall–Kier alpha value is -3.01. The number of ether oxygens (including phenoxy) is 1. The van der Waals surface area contributed by atoms with Crippen molar-refractivity contribution in [1.29, 1.82) is 0 Å². The molecule has 0 atom stereocenters. The Labute approximate surface area is 140 Å². The number of benzene rings is 2. The molecule has 0 aliphatic carbocycles. The summed E-state index contributed by atoms with van der Waals surface area (Å²) in [7, 11) is 1.67. The van der Waals surface area contributed by atoms with Crippen LogP contribution < -0.4 is 4.74 Å². The van der Waals surface area contributed by atoms with Gasteiger partial charge in [0.15, 0.2) is 5.84 Å². The van der Waals surface area contributed by atoms with Gasteiger partial charge < -0.3 is 4.74 Å². The monoisotopic (exact) mass is 315 g/mol. The molecule has 1 aromatic heterocycles. The van der Waals surface area contributed by atoms with Crippen LogP contribution in [0.3, 0.4) is 0 Å². The number of amidine groups is 1. The van der Waals surface area contributed by atoms with E-state index in [2.05, 4.69) is 29.0 Å². The molecule has 0 unspecified atom stereocenters. The van der Waals surface area contributed by atoms with Crippen molar-refractivity contribution in [2.24, 2.45) is 9.98 Å². The van der Waals surface area contributed by atoms with E-state index in [1.165, 1.54) is 0 Å². The third-order valence-corrected chi connectivity index (χ3v) is 4.26. The van der Waals surface area contributed by atoms with Gasteiger partial charge in [-0.2, -0.15) is 0 Å². The third kappa shape index (κ3) is 2.46. The van der Waals surface area contributed by atoms with Crippen molar-refractivity contribution >= 4 is 22.3 Å². The highest BCUT2D eigenvalue weighted by Crippen LogP contribution is 2.23. The fourth-order valence-corrected chi connectivity index (χ4v) is 2.96. The number of methoxy groups -OCH3 is 1. The Bertz CT molecular complexity index is 984. The SMILES string of the molecule is COc1ccc(C)c(C2=NC(c3nccc4ccccc34)=NC2)c1. The number of aromatic nitrogens is 1. The molecular weight excluding hydrogens is 298 g/mol. The predicted octanol–water partition coefficient (Wildman–Crippen LogP) is 3.80. The second-order valence-corrected chi connectivity index (χ2v) is 5.76. The van der Waals surface area contributed by atoms with Gasteiger partial charge in [0.25, 0.3) is 0 Å². The fourth-order valence-electron chi connectivity index (χ4n) is 2.96. The average molecular weight is 315 g/mol. The predicted molar refractivity (Wildman–Crippen MR) is 97.4 cm³/mol. The van der Waals surface area contributed by atoms with Crippen LogP contribution in [0.1, 0.15) is 16.8 Å². The molecule has 0 saturated heterocycles. The van der Waals surface area contributed by atoms with Gasteiger partial charge >= 0.3 is 0 Å². The summed E-state index contributed by atoms with van der Waals surface area (Å²) >= 11 is 0. The van der Waals surface area contributed by atoms with E-state index in [9.17, 15) is 0 Å². The molecule has 4 rings (SSSR count). The normalized spacial score (nSPS) is 13.8. The van der Waals surface area contributed by atoms with Gasteiger partial charge in [-0.05, 0) is 36.1 Å². The van der Waals surface area contributed by atoms with Gasteiger partial charge in [0.2, 0.25) is 0 Å². The van der Waals surface area contributed by atoms with Crippen LogP contribution >= 0.6 is 0 Å². The van der Waals surface area contributed by atoms with Crippen LogP contribution in [0, 0.1) is 6.92 Å². The molecule has 0 saturated carbocycles.